The Morgan fingerprint density at radius 3 is 2.15 bits per heavy atom. The molecule has 0 aromatic heterocycles. The van der Waals surface area contributed by atoms with Gasteiger partial charge in [-0.1, -0.05) is 30.0 Å². The van der Waals surface area contributed by atoms with Gasteiger partial charge in [0, 0.05) is 16.2 Å². The van der Waals surface area contributed by atoms with Crippen LogP contribution in [0.25, 0.3) is 0 Å². The van der Waals surface area contributed by atoms with E-state index in [0.717, 1.165) is 5.75 Å². The van der Waals surface area contributed by atoms with E-state index in [1.165, 1.54) is 0 Å². The SMILES string of the molecule is O=S(=O)(Cl)CC#Cc1ccc(Oc2ccccc2)cc1. The predicted octanol–water partition coefficient (Wildman–Crippen LogP) is 3.40. The van der Waals surface area contributed by atoms with Gasteiger partial charge in [-0.05, 0) is 36.4 Å². The molecule has 3 nitrogen and oxygen atoms in total. The second-order valence-corrected chi connectivity index (χ2v) is 6.70. The van der Waals surface area contributed by atoms with Gasteiger partial charge < -0.3 is 4.74 Å². The highest BCUT2D eigenvalue weighted by Gasteiger charge is 2.00. The van der Waals surface area contributed by atoms with Crippen LogP contribution in [0.15, 0.2) is 54.6 Å². The van der Waals surface area contributed by atoms with Crippen molar-refractivity contribution in [2.75, 3.05) is 5.75 Å². The Labute approximate surface area is 122 Å². The molecule has 0 saturated heterocycles. The maximum absolute atomic E-state index is 10.7. The van der Waals surface area contributed by atoms with E-state index in [0.29, 0.717) is 11.3 Å². The van der Waals surface area contributed by atoms with Crippen molar-refractivity contribution in [2.24, 2.45) is 0 Å². The van der Waals surface area contributed by atoms with Gasteiger partial charge in [0.15, 0.2) is 0 Å². The highest BCUT2D eigenvalue weighted by molar-refractivity contribution is 8.13. The Hall–Kier alpha value is -1.96. The molecule has 2 rings (SSSR count). The van der Waals surface area contributed by atoms with Gasteiger partial charge >= 0.3 is 0 Å². The monoisotopic (exact) mass is 306 g/mol. The van der Waals surface area contributed by atoms with Crippen molar-refractivity contribution in [3.8, 4) is 23.3 Å². The largest absolute Gasteiger partial charge is 0.457 e. The Bertz CT molecular complexity index is 726. The topological polar surface area (TPSA) is 43.4 Å². The first-order valence-corrected chi connectivity index (χ1v) is 8.25. The normalized spacial score (nSPS) is 10.4. The summed E-state index contributed by atoms with van der Waals surface area (Å²) in [6.45, 7) is 0. The zero-order chi connectivity index (χ0) is 14.4. The third kappa shape index (κ3) is 4.96. The molecule has 0 bridgehead atoms. The Morgan fingerprint density at radius 2 is 1.55 bits per heavy atom. The molecule has 0 spiro atoms. The molecular weight excluding hydrogens is 296 g/mol. The summed E-state index contributed by atoms with van der Waals surface area (Å²) in [4.78, 5) is 0. The van der Waals surface area contributed by atoms with E-state index in [4.69, 9.17) is 15.4 Å². The number of hydrogen-bond acceptors (Lipinski definition) is 3. The number of hydrogen-bond donors (Lipinski definition) is 0. The standard InChI is InChI=1S/C15H11ClO3S/c16-20(17,18)12-4-5-13-8-10-15(11-9-13)19-14-6-2-1-3-7-14/h1-3,6-11H,12H2. The number of benzene rings is 2. The second-order valence-electron chi connectivity index (χ2n) is 3.92. The molecule has 20 heavy (non-hydrogen) atoms. The van der Waals surface area contributed by atoms with Crippen LogP contribution < -0.4 is 4.74 Å². The average molecular weight is 307 g/mol. The smallest absolute Gasteiger partial charge is 0.243 e. The fraction of sp³-hybridized carbons (Fsp3) is 0.0667. The number of para-hydroxylation sites is 1. The molecule has 0 heterocycles. The van der Waals surface area contributed by atoms with E-state index in [2.05, 4.69) is 11.8 Å². The first kappa shape index (κ1) is 14.4. The van der Waals surface area contributed by atoms with E-state index in [1.54, 1.807) is 24.3 Å². The summed E-state index contributed by atoms with van der Waals surface area (Å²) >= 11 is 0. The van der Waals surface area contributed by atoms with Crippen molar-refractivity contribution in [1.82, 2.24) is 0 Å². The maximum Gasteiger partial charge on any atom is 0.243 e. The molecule has 0 fully saturated rings. The van der Waals surface area contributed by atoms with Crippen LogP contribution in [0, 0.1) is 11.8 Å². The van der Waals surface area contributed by atoms with Crippen LogP contribution in [0.1, 0.15) is 5.56 Å². The van der Waals surface area contributed by atoms with Crippen LogP contribution in [-0.2, 0) is 9.05 Å². The predicted molar refractivity (Wildman–Crippen MR) is 79.5 cm³/mol. The van der Waals surface area contributed by atoms with Gasteiger partial charge in [-0.3, -0.25) is 0 Å². The molecule has 0 atom stereocenters. The summed E-state index contributed by atoms with van der Waals surface area (Å²) < 4.78 is 27.1. The van der Waals surface area contributed by atoms with Gasteiger partial charge in [0.05, 0.1) is 0 Å². The highest BCUT2D eigenvalue weighted by atomic mass is 35.7. The molecule has 2 aromatic rings. The Balaban J connectivity index is 2.03. The molecule has 0 amide bonds. The van der Waals surface area contributed by atoms with Crippen LogP contribution >= 0.6 is 10.7 Å². The summed E-state index contributed by atoms with van der Waals surface area (Å²) in [5, 5.41) is 0. The minimum atomic E-state index is -3.57. The lowest BCUT2D eigenvalue weighted by Gasteiger charge is -2.04. The number of halogens is 1. The van der Waals surface area contributed by atoms with Gasteiger partial charge in [-0.25, -0.2) is 8.42 Å². The van der Waals surface area contributed by atoms with Gasteiger partial charge in [0.1, 0.15) is 17.3 Å². The number of rotatable bonds is 3. The number of ether oxygens (including phenoxy) is 1. The average Bonchev–Trinajstić information content (AvgIpc) is 2.41. The second kappa shape index (κ2) is 6.47. The summed E-state index contributed by atoms with van der Waals surface area (Å²) in [6.07, 6.45) is 0. The molecule has 2 aromatic carbocycles. The fourth-order valence-electron chi connectivity index (χ4n) is 1.46. The van der Waals surface area contributed by atoms with E-state index in [-0.39, 0.29) is 5.75 Å². The molecule has 0 radical (unpaired) electrons. The van der Waals surface area contributed by atoms with Crippen LogP contribution in [0.5, 0.6) is 11.5 Å². The van der Waals surface area contributed by atoms with Crippen molar-refractivity contribution in [1.29, 1.82) is 0 Å². The molecule has 0 aliphatic rings. The van der Waals surface area contributed by atoms with Crippen LogP contribution in [0.3, 0.4) is 0 Å². The minimum absolute atomic E-state index is 0.364. The van der Waals surface area contributed by atoms with Gasteiger partial charge in [-0.2, -0.15) is 0 Å². The molecule has 0 unspecified atom stereocenters. The quantitative estimate of drug-likeness (QED) is 0.645. The molecule has 0 saturated carbocycles. The fourth-order valence-corrected chi connectivity index (χ4v) is 1.86. The molecule has 0 N–H and O–H groups in total. The van der Waals surface area contributed by atoms with Gasteiger partial charge in [0.25, 0.3) is 0 Å². The third-order valence-electron chi connectivity index (χ3n) is 2.31. The van der Waals surface area contributed by atoms with Crippen molar-refractivity contribution in [3.05, 3.63) is 60.2 Å². The van der Waals surface area contributed by atoms with Crippen LogP contribution in [0.4, 0.5) is 0 Å². The summed E-state index contributed by atoms with van der Waals surface area (Å²) in [5.74, 6) is 6.30. The van der Waals surface area contributed by atoms with Crippen LogP contribution in [0.2, 0.25) is 0 Å². The van der Waals surface area contributed by atoms with Crippen molar-refractivity contribution in [3.63, 3.8) is 0 Å². The van der Waals surface area contributed by atoms with Gasteiger partial charge in [0.2, 0.25) is 9.05 Å². The molecule has 102 valence electrons. The summed E-state index contributed by atoms with van der Waals surface area (Å²) in [6, 6.07) is 16.5. The van der Waals surface area contributed by atoms with Crippen molar-refractivity contribution in [2.45, 2.75) is 0 Å². The molecule has 0 aliphatic carbocycles. The van der Waals surface area contributed by atoms with Crippen LogP contribution in [-0.4, -0.2) is 14.2 Å². The van der Waals surface area contributed by atoms with Gasteiger partial charge in [-0.15, -0.1) is 0 Å². The zero-order valence-corrected chi connectivity index (χ0v) is 12.0. The molecule has 0 aliphatic heterocycles. The minimum Gasteiger partial charge on any atom is -0.457 e. The van der Waals surface area contributed by atoms with Crippen molar-refractivity contribution < 1.29 is 13.2 Å². The Kier molecular flexibility index (Phi) is 4.67. The van der Waals surface area contributed by atoms with Crippen molar-refractivity contribution >= 4 is 19.7 Å². The first-order valence-electron chi connectivity index (χ1n) is 5.77. The Morgan fingerprint density at radius 1 is 0.950 bits per heavy atom. The summed E-state index contributed by atoms with van der Waals surface area (Å²) in [5.41, 5.74) is 0.700. The van der Waals surface area contributed by atoms with E-state index < -0.39 is 9.05 Å². The lowest BCUT2D eigenvalue weighted by Crippen LogP contribution is -1.92. The zero-order valence-electron chi connectivity index (χ0n) is 10.4. The third-order valence-corrected chi connectivity index (χ3v) is 3.13. The first-order chi connectivity index (χ1) is 9.53. The lowest BCUT2D eigenvalue weighted by molar-refractivity contribution is 0.482. The van der Waals surface area contributed by atoms with E-state index in [9.17, 15) is 8.42 Å². The lowest BCUT2D eigenvalue weighted by atomic mass is 10.2. The van der Waals surface area contributed by atoms with E-state index in [1.807, 2.05) is 30.3 Å². The maximum atomic E-state index is 10.7. The van der Waals surface area contributed by atoms with E-state index >= 15 is 0 Å². The summed E-state index contributed by atoms with van der Waals surface area (Å²) in [7, 11) is 1.50. The highest BCUT2D eigenvalue weighted by Crippen LogP contribution is 2.20. The molecule has 5 heteroatoms. The molecular formula is C15H11ClO3S.